The van der Waals surface area contributed by atoms with Crippen LogP contribution in [0, 0.1) is 5.92 Å². The number of nitrogens with zero attached hydrogens (tertiary/aromatic N) is 3. The molecule has 4 heteroatoms. The third-order valence-corrected chi connectivity index (χ3v) is 3.47. The van der Waals surface area contributed by atoms with Gasteiger partial charge in [-0.15, -0.1) is 0 Å². The molecule has 0 bridgehead atoms. The first-order chi connectivity index (χ1) is 7.43. The molecule has 0 spiro atoms. The van der Waals surface area contributed by atoms with Crippen LogP contribution in [-0.4, -0.2) is 35.6 Å². The van der Waals surface area contributed by atoms with E-state index in [1.165, 1.54) is 19.4 Å². The fraction of sp³-hybridized carbons (Fsp3) is 0.636. The molecule has 0 aromatic carbocycles. The first-order valence-electron chi connectivity index (χ1n) is 5.68. The van der Waals surface area contributed by atoms with Crippen LogP contribution in [0.4, 0.5) is 5.82 Å². The highest BCUT2D eigenvalue weighted by molar-refractivity contribution is 5.37. The van der Waals surface area contributed by atoms with Gasteiger partial charge < -0.3 is 10.2 Å². The Morgan fingerprint density at radius 2 is 2.33 bits per heavy atom. The van der Waals surface area contributed by atoms with E-state index in [0.717, 1.165) is 24.8 Å². The molecule has 0 saturated carbocycles. The number of rotatable bonds is 1. The zero-order valence-corrected chi connectivity index (χ0v) is 8.76. The molecule has 1 aromatic rings. The Morgan fingerprint density at radius 1 is 1.33 bits per heavy atom. The molecule has 80 valence electrons. The SMILES string of the molecule is c1cnc(N2CC3CCCNC3C2)cn1. The van der Waals surface area contributed by atoms with Crippen LogP contribution >= 0.6 is 0 Å². The fourth-order valence-electron chi connectivity index (χ4n) is 2.69. The van der Waals surface area contributed by atoms with Crippen LogP contribution in [0.5, 0.6) is 0 Å². The Morgan fingerprint density at radius 3 is 3.13 bits per heavy atom. The smallest absolute Gasteiger partial charge is 0.147 e. The molecule has 15 heavy (non-hydrogen) atoms. The van der Waals surface area contributed by atoms with Crippen LogP contribution in [0.15, 0.2) is 18.6 Å². The number of aromatic nitrogens is 2. The second kappa shape index (κ2) is 3.77. The lowest BCUT2D eigenvalue weighted by Crippen LogP contribution is -2.40. The molecule has 3 heterocycles. The average molecular weight is 204 g/mol. The summed E-state index contributed by atoms with van der Waals surface area (Å²) in [5.74, 6) is 1.83. The van der Waals surface area contributed by atoms with Crippen LogP contribution in [-0.2, 0) is 0 Å². The van der Waals surface area contributed by atoms with E-state index in [0.29, 0.717) is 6.04 Å². The summed E-state index contributed by atoms with van der Waals surface area (Å²) in [5, 5.41) is 3.59. The van der Waals surface area contributed by atoms with Gasteiger partial charge in [0.15, 0.2) is 0 Å². The summed E-state index contributed by atoms with van der Waals surface area (Å²) in [5.41, 5.74) is 0. The minimum atomic E-state index is 0.667. The Balaban J connectivity index is 1.75. The summed E-state index contributed by atoms with van der Waals surface area (Å²) < 4.78 is 0. The highest BCUT2D eigenvalue weighted by Gasteiger charge is 2.34. The predicted molar refractivity (Wildman–Crippen MR) is 58.8 cm³/mol. The number of piperidine rings is 1. The molecule has 2 aliphatic rings. The lowest BCUT2D eigenvalue weighted by molar-refractivity contribution is 0.340. The Hall–Kier alpha value is -1.16. The van der Waals surface area contributed by atoms with Gasteiger partial charge in [0.2, 0.25) is 0 Å². The Kier molecular flexibility index (Phi) is 2.29. The highest BCUT2D eigenvalue weighted by Crippen LogP contribution is 2.27. The molecule has 4 nitrogen and oxygen atoms in total. The van der Waals surface area contributed by atoms with Crippen LogP contribution in [0.25, 0.3) is 0 Å². The third kappa shape index (κ3) is 1.69. The van der Waals surface area contributed by atoms with Crippen molar-refractivity contribution in [3.8, 4) is 0 Å². The van der Waals surface area contributed by atoms with E-state index in [9.17, 15) is 0 Å². The maximum atomic E-state index is 4.35. The summed E-state index contributed by atoms with van der Waals surface area (Å²) in [6.45, 7) is 3.40. The normalized spacial score (nSPS) is 30.3. The van der Waals surface area contributed by atoms with Gasteiger partial charge >= 0.3 is 0 Å². The number of hydrogen-bond acceptors (Lipinski definition) is 4. The highest BCUT2D eigenvalue weighted by atomic mass is 15.2. The van der Waals surface area contributed by atoms with Crippen molar-refractivity contribution in [2.75, 3.05) is 24.5 Å². The summed E-state index contributed by atoms with van der Waals surface area (Å²) in [6, 6.07) is 0.667. The minimum Gasteiger partial charge on any atom is -0.353 e. The standard InChI is InChI=1S/C11H16N4/c1-2-9-7-15(8-10(9)13-3-1)11-6-12-4-5-14-11/h4-6,9-10,13H,1-3,7-8H2. The molecule has 1 aromatic heterocycles. The molecule has 1 N–H and O–H groups in total. The van der Waals surface area contributed by atoms with E-state index in [2.05, 4.69) is 20.2 Å². The van der Waals surface area contributed by atoms with Crippen molar-refractivity contribution in [3.63, 3.8) is 0 Å². The second-order valence-electron chi connectivity index (χ2n) is 4.43. The maximum Gasteiger partial charge on any atom is 0.147 e. The molecule has 2 atom stereocenters. The zero-order valence-electron chi connectivity index (χ0n) is 8.76. The third-order valence-electron chi connectivity index (χ3n) is 3.47. The monoisotopic (exact) mass is 204 g/mol. The fourth-order valence-corrected chi connectivity index (χ4v) is 2.69. The predicted octanol–water partition coefficient (Wildman–Crippen LogP) is 0.665. The first kappa shape index (κ1) is 9.09. The molecular weight excluding hydrogens is 188 g/mol. The van der Waals surface area contributed by atoms with Crippen molar-refractivity contribution in [2.45, 2.75) is 18.9 Å². The van der Waals surface area contributed by atoms with Crippen molar-refractivity contribution in [1.82, 2.24) is 15.3 Å². The number of nitrogens with one attached hydrogen (secondary N) is 1. The summed E-state index contributed by atoms with van der Waals surface area (Å²) in [6.07, 6.45) is 8.02. The maximum absolute atomic E-state index is 4.35. The van der Waals surface area contributed by atoms with Gasteiger partial charge in [-0.3, -0.25) is 4.98 Å². The van der Waals surface area contributed by atoms with E-state index in [1.807, 2.05) is 6.20 Å². The molecule has 2 unspecified atom stereocenters. The van der Waals surface area contributed by atoms with Gasteiger partial charge in [-0.2, -0.15) is 0 Å². The lowest BCUT2D eigenvalue weighted by atomic mass is 9.94. The van der Waals surface area contributed by atoms with E-state index in [-0.39, 0.29) is 0 Å². The number of fused-ring (bicyclic) bond motifs is 1. The van der Waals surface area contributed by atoms with Crippen molar-refractivity contribution in [3.05, 3.63) is 18.6 Å². The van der Waals surface area contributed by atoms with Crippen LogP contribution in [0.1, 0.15) is 12.8 Å². The van der Waals surface area contributed by atoms with Crippen LogP contribution < -0.4 is 10.2 Å². The minimum absolute atomic E-state index is 0.667. The topological polar surface area (TPSA) is 41.1 Å². The Labute approximate surface area is 89.7 Å². The summed E-state index contributed by atoms with van der Waals surface area (Å²) in [4.78, 5) is 10.8. The first-order valence-corrected chi connectivity index (χ1v) is 5.68. The van der Waals surface area contributed by atoms with Gasteiger partial charge in [-0.1, -0.05) is 0 Å². The van der Waals surface area contributed by atoms with Gasteiger partial charge in [0.1, 0.15) is 5.82 Å². The molecule has 2 saturated heterocycles. The molecular formula is C11H16N4. The number of anilines is 1. The van der Waals surface area contributed by atoms with Gasteiger partial charge in [0, 0.05) is 31.5 Å². The van der Waals surface area contributed by atoms with E-state index >= 15 is 0 Å². The zero-order chi connectivity index (χ0) is 10.1. The van der Waals surface area contributed by atoms with Crippen LogP contribution in [0.2, 0.25) is 0 Å². The molecule has 0 amide bonds. The van der Waals surface area contributed by atoms with Gasteiger partial charge in [0.05, 0.1) is 6.20 Å². The number of hydrogen-bond donors (Lipinski definition) is 1. The summed E-state index contributed by atoms with van der Waals surface area (Å²) in [7, 11) is 0. The average Bonchev–Trinajstić information content (AvgIpc) is 2.74. The molecule has 2 aliphatic heterocycles. The van der Waals surface area contributed by atoms with Crippen molar-refractivity contribution < 1.29 is 0 Å². The summed E-state index contributed by atoms with van der Waals surface area (Å²) >= 11 is 0. The Bertz CT molecular complexity index is 313. The van der Waals surface area contributed by atoms with Crippen molar-refractivity contribution >= 4 is 5.82 Å². The van der Waals surface area contributed by atoms with Crippen molar-refractivity contribution in [2.24, 2.45) is 5.92 Å². The molecule has 3 rings (SSSR count). The second-order valence-corrected chi connectivity index (χ2v) is 4.43. The van der Waals surface area contributed by atoms with Crippen LogP contribution in [0.3, 0.4) is 0 Å². The molecule has 0 radical (unpaired) electrons. The van der Waals surface area contributed by atoms with Gasteiger partial charge in [-0.25, -0.2) is 4.98 Å². The largest absolute Gasteiger partial charge is 0.353 e. The van der Waals surface area contributed by atoms with Crippen molar-refractivity contribution in [1.29, 1.82) is 0 Å². The van der Waals surface area contributed by atoms with E-state index in [4.69, 9.17) is 0 Å². The quantitative estimate of drug-likeness (QED) is 0.730. The van der Waals surface area contributed by atoms with Gasteiger partial charge in [-0.05, 0) is 25.3 Å². The van der Waals surface area contributed by atoms with E-state index in [1.54, 1.807) is 12.4 Å². The molecule has 0 aliphatic carbocycles. The van der Waals surface area contributed by atoms with E-state index < -0.39 is 0 Å². The van der Waals surface area contributed by atoms with Gasteiger partial charge in [0.25, 0.3) is 0 Å². The molecule has 2 fully saturated rings. The lowest BCUT2D eigenvalue weighted by Gasteiger charge is -2.24.